The van der Waals surface area contributed by atoms with E-state index >= 15 is 0 Å². The minimum atomic E-state index is 0.237. The van der Waals surface area contributed by atoms with E-state index in [0.29, 0.717) is 12.6 Å². The molecule has 0 heterocycles. The third kappa shape index (κ3) is 4.81. The van der Waals surface area contributed by atoms with Gasteiger partial charge < -0.3 is 15.2 Å². The van der Waals surface area contributed by atoms with E-state index < -0.39 is 0 Å². The summed E-state index contributed by atoms with van der Waals surface area (Å²) in [5, 5.41) is 12.5. The molecule has 3 heteroatoms. The number of hydrogen-bond acceptors (Lipinski definition) is 3. The highest BCUT2D eigenvalue weighted by molar-refractivity contribution is 4.76. The molecule has 0 spiro atoms. The maximum atomic E-state index is 8.96. The van der Waals surface area contributed by atoms with Gasteiger partial charge in [0.25, 0.3) is 0 Å². The van der Waals surface area contributed by atoms with Crippen molar-refractivity contribution in [1.82, 2.24) is 5.32 Å². The minimum absolute atomic E-state index is 0.237. The minimum Gasteiger partial charge on any atom is -0.396 e. The summed E-state index contributed by atoms with van der Waals surface area (Å²) in [6.07, 6.45) is 6.30. The van der Waals surface area contributed by atoms with Gasteiger partial charge in [-0.2, -0.15) is 0 Å². The van der Waals surface area contributed by atoms with Crippen LogP contribution in [0.4, 0.5) is 0 Å². The van der Waals surface area contributed by atoms with Gasteiger partial charge in [-0.1, -0.05) is 26.2 Å². The van der Waals surface area contributed by atoms with Crippen LogP contribution in [-0.2, 0) is 4.74 Å². The Morgan fingerprint density at radius 2 is 2.12 bits per heavy atom. The summed E-state index contributed by atoms with van der Waals surface area (Å²) in [5.41, 5.74) is 0. The van der Waals surface area contributed by atoms with Gasteiger partial charge in [0.15, 0.2) is 0 Å². The normalized spacial score (nSPS) is 27.9. The molecule has 0 aromatic heterocycles. The first-order valence-electron chi connectivity index (χ1n) is 6.61. The van der Waals surface area contributed by atoms with Crippen LogP contribution in [0, 0.1) is 11.8 Å². The lowest BCUT2D eigenvalue weighted by atomic mass is 9.80. The molecule has 1 aliphatic rings. The molecule has 1 fully saturated rings. The summed E-state index contributed by atoms with van der Waals surface area (Å²) in [4.78, 5) is 0. The fraction of sp³-hybridized carbons (Fsp3) is 1.00. The van der Waals surface area contributed by atoms with E-state index in [0.717, 1.165) is 24.8 Å². The van der Waals surface area contributed by atoms with Gasteiger partial charge in [-0.15, -0.1) is 0 Å². The molecule has 3 nitrogen and oxygen atoms in total. The second-order valence-corrected chi connectivity index (χ2v) is 5.09. The van der Waals surface area contributed by atoms with Crippen molar-refractivity contribution in [3.8, 4) is 0 Å². The predicted octanol–water partition coefficient (Wildman–Crippen LogP) is 1.80. The number of aliphatic hydroxyl groups is 1. The van der Waals surface area contributed by atoms with Crippen LogP contribution in [0.25, 0.3) is 0 Å². The highest BCUT2D eigenvalue weighted by Crippen LogP contribution is 2.28. The van der Waals surface area contributed by atoms with Crippen LogP contribution >= 0.6 is 0 Å². The maximum absolute atomic E-state index is 8.96. The summed E-state index contributed by atoms with van der Waals surface area (Å²) in [7, 11) is 1.72. The molecule has 0 saturated heterocycles. The first-order chi connectivity index (χ1) is 7.77. The Kier molecular flexibility index (Phi) is 7.01. The topological polar surface area (TPSA) is 41.5 Å². The van der Waals surface area contributed by atoms with Crippen molar-refractivity contribution in [3.05, 3.63) is 0 Å². The summed E-state index contributed by atoms with van der Waals surface area (Å²) >= 11 is 0. The van der Waals surface area contributed by atoms with Crippen LogP contribution in [0.15, 0.2) is 0 Å². The number of ether oxygens (including phenoxy) is 1. The monoisotopic (exact) mass is 229 g/mol. The van der Waals surface area contributed by atoms with Crippen molar-refractivity contribution in [3.63, 3.8) is 0 Å². The van der Waals surface area contributed by atoms with Gasteiger partial charge in [0.1, 0.15) is 0 Å². The Balaban J connectivity index is 2.23. The van der Waals surface area contributed by atoms with Gasteiger partial charge in [-0.25, -0.2) is 0 Å². The van der Waals surface area contributed by atoms with Gasteiger partial charge in [-0.05, 0) is 31.2 Å². The molecule has 3 unspecified atom stereocenters. The molecule has 0 aromatic carbocycles. The molecule has 0 amide bonds. The van der Waals surface area contributed by atoms with Gasteiger partial charge in [0.2, 0.25) is 0 Å². The van der Waals surface area contributed by atoms with Crippen LogP contribution in [0.1, 0.15) is 39.0 Å². The van der Waals surface area contributed by atoms with Crippen molar-refractivity contribution in [2.24, 2.45) is 11.8 Å². The Bertz CT molecular complexity index is 169. The van der Waals surface area contributed by atoms with Crippen molar-refractivity contribution >= 4 is 0 Å². The first kappa shape index (κ1) is 13.9. The average molecular weight is 229 g/mol. The summed E-state index contributed by atoms with van der Waals surface area (Å²) < 4.78 is 5.15. The van der Waals surface area contributed by atoms with Gasteiger partial charge in [0.05, 0.1) is 6.61 Å². The van der Waals surface area contributed by atoms with E-state index in [4.69, 9.17) is 9.84 Å². The fourth-order valence-electron chi connectivity index (χ4n) is 2.62. The molecule has 1 rings (SSSR count). The average Bonchev–Trinajstić information content (AvgIpc) is 2.28. The van der Waals surface area contributed by atoms with Crippen LogP contribution < -0.4 is 5.32 Å². The van der Waals surface area contributed by atoms with Gasteiger partial charge in [-0.3, -0.25) is 0 Å². The number of hydrogen-bond donors (Lipinski definition) is 2. The summed E-state index contributed by atoms with van der Waals surface area (Å²) in [6.45, 7) is 4.38. The number of nitrogens with one attached hydrogen (secondary N) is 1. The molecule has 1 saturated carbocycles. The highest BCUT2D eigenvalue weighted by atomic mass is 16.5. The lowest BCUT2D eigenvalue weighted by Gasteiger charge is -2.30. The van der Waals surface area contributed by atoms with Crippen molar-refractivity contribution < 1.29 is 9.84 Å². The largest absolute Gasteiger partial charge is 0.396 e. The third-order valence-electron chi connectivity index (χ3n) is 3.80. The Morgan fingerprint density at radius 3 is 2.75 bits per heavy atom. The molecule has 0 bridgehead atoms. The van der Waals surface area contributed by atoms with E-state index in [1.54, 1.807) is 7.11 Å². The Labute approximate surface area is 99.6 Å². The van der Waals surface area contributed by atoms with Crippen LogP contribution in [0.2, 0.25) is 0 Å². The van der Waals surface area contributed by atoms with Gasteiger partial charge in [0, 0.05) is 19.8 Å². The second kappa shape index (κ2) is 8.04. The van der Waals surface area contributed by atoms with Crippen LogP contribution in [0.3, 0.4) is 0 Å². The number of rotatable bonds is 7. The SMILES string of the molecule is COCC(CCO)NCC1CCCCC1C. The molecule has 2 N–H and O–H groups in total. The summed E-state index contributed by atoms with van der Waals surface area (Å²) in [5.74, 6) is 1.66. The zero-order chi connectivity index (χ0) is 11.8. The van der Waals surface area contributed by atoms with E-state index in [-0.39, 0.29) is 6.61 Å². The molecule has 3 atom stereocenters. The standard InChI is InChI=1S/C13H27NO2/c1-11-5-3-4-6-12(11)9-14-13(7-8-15)10-16-2/h11-15H,3-10H2,1-2H3. The van der Waals surface area contributed by atoms with E-state index in [2.05, 4.69) is 12.2 Å². The predicted molar refractivity (Wildman–Crippen MR) is 66.5 cm³/mol. The quantitative estimate of drug-likeness (QED) is 0.699. The Morgan fingerprint density at radius 1 is 1.38 bits per heavy atom. The fourth-order valence-corrected chi connectivity index (χ4v) is 2.62. The van der Waals surface area contributed by atoms with E-state index in [9.17, 15) is 0 Å². The van der Waals surface area contributed by atoms with E-state index in [1.807, 2.05) is 0 Å². The summed E-state index contributed by atoms with van der Waals surface area (Å²) in [6, 6.07) is 0.309. The van der Waals surface area contributed by atoms with Crippen molar-refractivity contribution in [2.75, 3.05) is 26.9 Å². The lowest BCUT2D eigenvalue weighted by Crippen LogP contribution is -2.39. The zero-order valence-electron chi connectivity index (χ0n) is 10.7. The smallest absolute Gasteiger partial charge is 0.0616 e. The second-order valence-electron chi connectivity index (χ2n) is 5.09. The van der Waals surface area contributed by atoms with Crippen LogP contribution in [0.5, 0.6) is 0 Å². The molecule has 0 aliphatic heterocycles. The highest BCUT2D eigenvalue weighted by Gasteiger charge is 2.21. The molecule has 1 aliphatic carbocycles. The van der Waals surface area contributed by atoms with Gasteiger partial charge >= 0.3 is 0 Å². The third-order valence-corrected chi connectivity index (χ3v) is 3.80. The number of aliphatic hydroxyl groups excluding tert-OH is 1. The molecule has 0 radical (unpaired) electrons. The van der Waals surface area contributed by atoms with Crippen LogP contribution in [-0.4, -0.2) is 38.0 Å². The van der Waals surface area contributed by atoms with Crippen molar-refractivity contribution in [2.45, 2.75) is 45.1 Å². The molecular weight excluding hydrogens is 202 g/mol. The molecular formula is C13H27NO2. The zero-order valence-corrected chi connectivity index (χ0v) is 10.7. The molecule has 0 aromatic rings. The first-order valence-corrected chi connectivity index (χ1v) is 6.61. The Hall–Kier alpha value is -0.120. The number of methoxy groups -OCH3 is 1. The lowest BCUT2D eigenvalue weighted by molar-refractivity contribution is 0.140. The maximum Gasteiger partial charge on any atom is 0.0616 e. The molecule has 16 heavy (non-hydrogen) atoms. The van der Waals surface area contributed by atoms with E-state index in [1.165, 1.54) is 25.7 Å². The molecule has 96 valence electrons. The van der Waals surface area contributed by atoms with Crippen molar-refractivity contribution in [1.29, 1.82) is 0 Å².